The highest BCUT2D eigenvalue weighted by atomic mass is 19.4. The van der Waals surface area contributed by atoms with Crippen LogP contribution in [0.25, 0.3) is 0 Å². The van der Waals surface area contributed by atoms with Gasteiger partial charge in [0, 0.05) is 12.1 Å². The molecule has 0 saturated carbocycles. The number of ether oxygens (including phenoxy) is 1. The Morgan fingerprint density at radius 1 is 1.32 bits per heavy atom. The van der Waals surface area contributed by atoms with Crippen molar-refractivity contribution in [2.75, 3.05) is 18.1 Å². The molecule has 22 heavy (non-hydrogen) atoms. The number of halogens is 5. The lowest BCUT2D eigenvalue weighted by molar-refractivity contribution is -0.157. The summed E-state index contributed by atoms with van der Waals surface area (Å²) >= 11 is 0. The van der Waals surface area contributed by atoms with Crippen LogP contribution in [0.4, 0.5) is 27.6 Å². The SMILES string of the molecule is O=CC1CN2c3c(cc(F)c(F)c3OCC2C(F)(F)F)C1=O. The van der Waals surface area contributed by atoms with Gasteiger partial charge in [0.25, 0.3) is 0 Å². The Morgan fingerprint density at radius 3 is 2.59 bits per heavy atom. The molecule has 1 aromatic carbocycles. The molecule has 1 aromatic rings. The second kappa shape index (κ2) is 4.65. The summed E-state index contributed by atoms with van der Waals surface area (Å²) < 4.78 is 71.2. The second-order valence-electron chi connectivity index (χ2n) is 5.03. The minimum absolute atomic E-state index is 0.203. The normalized spacial score (nSPS) is 23.9. The van der Waals surface area contributed by atoms with Crippen LogP contribution in [0.2, 0.25) is 0 Å². The number of hydrogen-bond acceptors (Lipinski definition) is 4. The highest BCUT2D eigenvalue weighted by Gasteiger charge is 2.51. The number of alkyl halides is 3. The number of carbonyl (C=O) groups excluding carboxylic acids is 2. The van der Waals surface area contributed by atoms with E-state index in [4.69, 9.17) is 4.74 Å². The summed E-state index contributed by atoms with van der Waals surface area (Å²) in [6, 6.07) is -1.64. The standard InChI is InChI=1S/C13H8F5NO3/c14-7-1-6-10-12(9(7)15)22-4-8(13(16,17)18)19(10)2-5(3-20)11(6)21/h1,3,5,8H,2,4H2. The second-order valence-corrected chi connectivity index (χ2v) is 5.03. The van der Waals surface area contributed by atoms with Gasteiger partial charge in [-0.25, -0.2) is 4.39 Å². The minimum atomic E-state index is -4.71. The minimum Gasteiger partial charge on any atom is -0.486 e. The van der Waals surface area contributed by atoms with Gasteiger partial charge in [-0.2, -0.15) is 17.6 Å². The van der Waals surface area contributed by atoms with E-state index in [0.717, 1.165) is 0 Å². The maximum absolute atomic E-state index is 13.7. The van der Waals surface area contributed by atoms with E-state index in [0.29, 0.717) is 11.0 Å². The number of ketones is 1. The van der Waals surface area contributed by atoms with Crippen molar-refractivity contribution in [2.45, 2.75) is 12.2 Å². The van der Waals surface area contributed by atoms with E-state index in [1.165, 1.54) is 0 Å². The Kier molecular flexibility index (Phi) is 3.12. The van der Waals surface area contributed by atoms with Crippen LogP contribution < -0.4 is 9.64 Å². The summed E-state index contributed by atoms with van der Waals surface area (Å²) in [7, 11) is 0. The van der Waals surface area contributed by atoms with Crippen LogP contribution in [0, 0.1) is 17.6 Å². The zero-order valence-corrected chi connectivity index (χ0v) is 10.8. The zero-order chi connectivity index (χ0) is 16.2. The van der Waals surface area contributed by atoms with Crippen molar-refractivity contribution in [3.63, 3.8) is 0 Å². The molecular weight excluding hydrogens is 313 g/mol. The van der Waals surface area contributed by atoms with Crippen molar-refractivity contribution in [3.8, 4) is 5.75 Å². The summed E-state index contributed by atoms with van der Waals surface area (Å²) in [5.41, 5.74) is -0.929. The summed E-state index contributed by atoms with van der Waals surface area (Å²) in [4.78, 5) is 23.6. The van der Waals surface area contributed by atoms with Crippen LogP contribution in [0.3, 0.4) is 0 Å². The lowest BCUT2D eigenvalue weighted by Crippen LogP contribution is -2.56. The number of carbonyl (C=O) groups is 2. The smallest absolute Gasteiger partial charge is 0.412 e. The summed E-state index contributed by atoms with van der Waals surface area (Å²) in [6.07, 6.45) is -4.51. The molecular formula is C13H8F5NO3. The van der Waals surface area contributed by atoms with Crippen LogP contribution in [-0.4, -0.2) is 37.4 Å². The average Bonchev–Trinajstić information content (AvgIpc) is 2.45. The lowest BCUT2D eigenvalue weighted by atomic mass is 9.89. The van der Waals surface area contributed by atoms with Gasteiger partial charge in [0.05, 0.1) is 11.6 Å². The molecule has 0 amide bonds. The summed E-state index contributed by atoms with van der Waals surface area (Å²) in [6.45, 7) is -1.50. The average molecular weight is 321 g/mol. The number of rotatable bonds is 1. The van der Waals surface area contributed by atoms with Crippen LogP contribution in [0.1, 0.15) is 10.4 Å². The third-order valence-electron chi connectivity index (χ3n) is 3.74. The molecule has 0 fully saturated rings. The van der Waals surface area contributed by atoms with E-state index < -0.39 is 65.7 Å². The van der Waals surface area contributed by atoms with Gasteiger partial charge in [0.1, 0.15) is 12.9 Å². The van der Waals surface area contributed by atoms with Crippen LogP contribution in [0.5, 0.6) is 5.75 Å². The Labute approximate surface area is 120 Å². The van der Waals surface area contributed by atoms with Crippen molar-refractivity contribution in [3.05, 3.63) is 23.3 Å². The summed E-state index contributed by atoms with van der Waals surface area (Å²) in [5.74, 6) is -5.82. The van der Waals surface area contributed by atoms with Crippen molar-refractivity contribution >= 4 is 17.8 Å². The molecule has 118 valence electrons. The molecule has 0 N–H and O–H groups in total. The molecule has 2 aliphatic rings. The quantitative estimate of drug-likeness (QED) is 0.451. The van der Waals surface area contributed by atoms with Gasteiger partial charge in [-0.15, -0.1) is 0 Å². The highest BCUT2D eigenvalue weighted by molar-refractivity contribution is 6.12. The molecule has 2 aliphatic heterocycles. The molecule has 0 saturated heterocycles. The van der Waals surface area contributed by atoms with E-state index >= 15 is 0 Å². The van der Waals surface area contributed by atoms with E-state index in [1.54, 1.807) is 0 Å². The largest absolute Gasteiger partial charge is 0.486 e. The maximum atomic E-state index is 13.7. The zero-order valence-electron chi connectivity index (χ0n) is 10.8. The first kappa shape index (κ1) is 14.7. The van der Waals surface area contributed by atoms with Crippen molar-refractivity contribution in [2.24, 2.45) is 5.92 Å². The molecule has 4 nitrogen and oxygen atoms in total. The van der Waals surface area contributed by atoms with Crippen LogP contribution in [0.15, 0.2) is 6.07 Å². The van der Waals surface area contributed by atoms with E-state index in [1.807, 2.05) is 0 Å². The number of anilines is 1. The Hall–Kier alpha value is -2.19. The Morgan fingerprint density at radius 2 is 2.00 bits per heavy atom. The van der Waals surface area contributed by atoms with Gasteiger partial charge in [0.2, 0.25) is 5.82 Å². The molecule has 0 bridgehead atoms. The van der Waals surface area contributed by atoms with Gasteiger partial charge in [-0.05, 0) is 6.07 Å². The van der Waals surface area contributed by atoms with E-state index in [9.17, 15) is 31.5 Å². The molecule has 2 unspecified atom stereocenters. The number of benzene rings is 1. The Balaban J connectivity index is 2.24. The van der Waals surface area contributed by atoms with Crippen LogP contribution in [-0.2, 0) is 4.79 Å². The monoisotopic (exact) mass is 321 g/mol. The number of hydrogen-bond donors (Lipinski definition) is 0. The van der Waals surface area contributed by atoms with Crippen molar-refractivity contribution < 1.29 is 36.3 Å². The third kappa shape index (κ3) is 1.95. The first-order valence-corrected chi connectivity index (χ1v) is 6.23. The fraction of sp³-hybridized carbons (Fsp3) is 0.385. The van der Waals surface area contributed by atoms with Gasteiger partial charge in [-0.3, -0.25) is 4.79 Å². The fourth-order valence-electron chi connectivity index (χ4n) is 2.70. The molecule has 3 rings (SSSR count). The first-order chi connectivity index (χ1) is 10.3. The third-order valence-corrected chi connectivity index (χ3v) is 3.74. The first-order valence-electron chi connectivity index (χ1n) is 6.23. The van der Waals surface area contributed by atoms with Gasteiger partial charge < -0.3 is 14.4 Å². The predicted molar refractivity (Wildman–Crippen MR) is 62.9 cm³/mol. The number of aldehydes is 1. The molecule has 9 heteroatoms. The lowest BCUT2D eigenvalue weighted by Gasteiger charge is -2.43. The van der Waals surface area contributed by atoms with Gasteiger partial charge >= 0.3 is 6.18 Å². The molecule has 0 spiro atoms. The van der Waals surface area contributed by atoms with E-state index in [2.05, 4.69) is 0 Å². The van der Waals surface area contributed by atoms with Gasteiger partial charge in [-0.1, -0.05) is 0 Å². The number of Topliss-reactive ketones (excluding diaryl/α,β-unsaturated/α-hetero) is 1. The van der Waals surface area contributed by atoms with Crippen LogP contribution >= 0.6 is 0 Å². The molecule has 2 atom stereocenters. The topological polar surface area (TPSA) is 46.6 Å². The molecule has 0 radical (unpaired) electrons. The molecule has 2 heterocycles. The predicted octanol–water partition coefficient (Wildman–Crippen LogP) is 2.11. The highest BCUT2D eigenvalue weighted by Crippen LogP contribution is 2.46. The van der Waals surface area contributed by atoms with E-state index in [-0.39, 0.29) is 6.29 Å². The van der Waals surface area contributed by atoms with Gasteiger partial charge in [0.15, 0.2) is 23.4 Å². The molecule has 0 aromatic heterocycles. The fourth-order valence-corrected chi connectivity index (χ4v) is 2.70. The number of nitrogens with zero attached hydrogens (tertiary/aromatic N) is 1. The Bertz CT molecular complexity index is 673. The molecule has 0 aliphatic carbocycles. The van der Waals surface area contributed by atoms with Crippen molar-refractivity contribution in [1.29, 1.82) is 0 Å². The summed E-state index contributed by atoms with van der Waals surface area (Å²) in [5, 5.41) is 0. The maximum Gasteiger partial charge on any atom is 0.412 e. The van der Waals surface area contributed by atoms with Crippen molar-refractivity contribution in [1.82, 2.24) is 0 Å².